The van der Waals surface area contributed by atoms with E-state index in [0.29, 0.717) is 4.67 Å². The second-order valence-corrected chi connectivity index (χ2v) is 5.50. The molecule has 0 saturated carbocycles. The van der Waals surface area contributed by atoms with Crippen molar-refractivity contribution in [2.75, 3.05) is 0 Å². The zero-order valence-electron chi connectivity index (χ0n) is 9.78. The molecule has 0 aliphatic heterocycles. The number of carbonyl (C=O) groups is 2. The lowest BCUT2D eigenvalue weighted by molar-refractivity contribution is -0.142. The van der Waals surface area contributed by atoms with Crippen LogP contribution in [0.25, 0.3) is 0 Å². The van der Waals surface area contributed by atoms with Gasteiger partial charge in [0, 0.05) is 0 Å². The molecule has 2 N–H and O–H groups in total. The molecule has 0 saturated heterocycles. The minimum absolute atomic E-state index is 0.0763. The van der Waals surface area contributed by atoms with Gasteiger partial charge in [0.2, 0.25) is 0 Å². The van der Waals surface area contributed by atoms with E-state index in [-0.39, 0.29) is 5.76 Å². The third kappa shape index (κ3) is 3.59. The second-order valence-electron chi connectivity index (χ2n) is 4.71. The summed E-state index contributed by atoms with van der Waals surface area (Å²) in [6.45, 7) is 5.22. The number of hydrogen-bond acceptors (Lipinski definition) is 3. The van der Waals surface area contributed by atoms with Gasteiger partial charge in [-0.1, -0.05) is 20.8 Å². The summed E-state index contributed by atoms with van der Waals surface area (Å²) in [6.07, 6.45) is 0. The van der Waals surface area contributed by atoms with E-state index in [2.05, 4.69) is 21.2 Å². The maximum atomic E-state index is 11.7. The van der Waals surface area contributed by atoms with Crippen molar-refractivity contribution in [2.24, 2.45) is 5.41 Å². The van der Waals surface area contributed by atoms with Crippen molar-refractivity contribution in [3.63, 3.8) is 0 Å². The molecule has 94 valence electrons. The van der Waals surface area contributed by atoms with Crippen LogP contribution in [-0.2, 0) is 4.79 Å². The van der Waals surface area contributed by atoms with Gasteiger partial charge in [-0.05, 0) is 33.5 Å². The van der Waals surface area contributed by atoms with E-state index in [0.717, 1.165) is 0 Å². The predicted octanol–water partition coefficient (Wildman–Crippen LogP) is 2.27. The quantitative estimate of drug-likeness (QED) is 0.898. The molecule has 0 aliphatic rings. The maximum absolute atomic E-state index is 11.7. The van der Waals surface area contributed by atoms with E-state index < -0.39 is 23.3 Å². The molecule has 0 fully saturated rings. The summed E-state index contributed by atoms with van der Waals surface area (Å²) < 4.78 is 5.47. The summed E-state index contributed by atoms with van der Waals surface area (Å²) in [5, 5.41) is 11.5. The van der Waals surface area contributed by atoms with E-state index in [9.17, 15) is 9.59 Å². The van der Waals surface area contributed by atoms with Crippen LogP contribution >= 0.6 is 15.9 Å². The number of nitrogens with one attached hydrogen (secondary N) is 1. The monoisotopic (exact) mass is 303 g/mol. The Morgan fingerprint density at radius 1 is 1.41 bits per heavy atom. The first kappa shape index (κ1) is 13.8. The van der Waals surface area contributed by atoms with Gasteiger partial charge in [-0.15, -0.1) is 0 Å². The Balaban J connectivity index is 2.82. The van der Waals surface area contributed by atoms with E-state index in [1.807, 2.05) is 0 Å². The normalized spacial score (nSPS) is 13.2. The largest absolute Gasteiger partial charge is 0.480 e. The minimum atomic E-state index is -1.07. The SMILES string of the molecule is CC(C)(C)[C@H](NC(=O)c1ccc(Br)o1)C(=O)O. The lowest BCUT2D eigenvalue weighted by Gasteiger charge is -2.27. The standard InChI is InChI=1S/C11H14BrNO4/c1-11(2,3)8(10(15)16)13-9(14)6-4-5-7(12)17-6/h4-5,8H,1-3H3,(H,13,14)(H,15,16)/t8-/m1/s1. The highest BCUT2D eigenvalue weighted by Gasteiger charge is 2.33. The number of carboxylic acid groups (broad SMARTS) is 1. The van der Waals surface area contributed by atoms with Crippen LogP contribution in [-0.4, -0.2) is 23.0 Å². The molecule has 1 atom stereocenters. The number of amides is 1. The first-order valence-corrected chi connectivity index (χ1v) is 5.80. The third-order valence-electron chi connectivity index (χ3n) is 2.19. The molecule has 0 bridgehead atoms. The van der Waals surface area contributed by atoms with Gasteiger partial charge in [-0.2, -0.15) is 0 Å². The molecule has 1 heterocycles. The van der Waals surface area contributed by atoms with E-state index >= 15 is 0 Å². The summed E-state index contributed by atoms with van der Waals surface area (Å²) in [6, 6.07) is 2.07. The summed E-state index contributed by atoms with van der Waals surface area (Å²) in [5.41, 5.74) is -0.578. The van der Waals surface area contributed by atoms with Gasteiger partial charge in [0.15, 0.2) is 10.4 Å². The smallest absolute Gasteiger partial charge is 0.326 e. The van der Waals surface area contributed by atoms with Crippen LogP contribution < -0.4 is 5.32 Å². The van der Waals surface area contributed by atoms with E-state index in [4.69, 9.17) is 9.52 Å². The Morgan fingerprint density at radius 2 is 2.00 bits per heavy atom. The molecular weight excluding hydrogens is 290 g/mol. The number of aliphatic carboxylic acids is 1. The number of carboxylic acids is 1. The molecule has 0 spiro atoms. The van der Waals surface area contributed by atoms with Crippen molar-refractivity contribution < 1.29 is 19.1 Å². The Bertz CT molecular complexity index is 433. The summed E-state index contributed by atoms with van der Waals surface area (Å²) in [4.78, 5) is 22.8. The lowest BCUT2D eigenvalue weighted by atomic mass is 9.87. The molecule has 0 aromatic carbocycles. The Labute approximate surface area is 107 Å². The van der Waals surface area contributed by atoms with Crippen molar-refractivity contribution in [2.45, 2.75) is 26.8 Å². The Kier molecular flexibility index (Phi) is 3.98. The van der Waals surface area contributed by atoms with Crippen molar-refractivity contribution in [3.05, 3.63) is 22.6 Å². The summed E-state index contributed by atoms with van der Waals surface area (Å²) in [5.74, 6) is -1.54. The van der Waals surface area contributed by atoms with Crippen molar-refractivity contribution in [1.82, 2.24) is 5.32 Å². The first-order chi connectivity index (χ1) is 7.71. The van der Waals surface area contributed by atoms with Crippen molar-refractivity contribution in [3.8, 4) is 0 Å². The van der Waals surface area contributed by atoms with Crippen molar-refractivity contribution in [1.29, 1.82) is 0 Å². The average Bonchev–Trinajstić information content (AvgIpc) is 2.58. The van der Waals surface area contributed by atoms with Crippen LogP contribution in [0.3, 0.4) is 0 Å². The van der Waals surface area contributed by atoms with Gasteiger partial charge in [0.25, 0.3) is 5.91 Å². The van der Waals surface area contributed by atoms with Crippen LogP contribution in [0.4, 0.5) is 0 Å². The van der Waals surface area contributed by atoms with Gasteiger partial charge >= 0.3 is 5.97 Å². The van der Waals surface area contributed by atoms with E-state index in [1.54, 1.807) is 26.8 Å². The fraction of sp³-hybridized carbons (Fsp3) is 0.455. The highest BCUT2D eigenvalue weighted by atomic mass is 79.9. The molecule has 17 heavy (non-hydrogen) atoms. The Hall–Kier alpha value is -1.30. The highest BCUT2D eigenvalue weighted by molar-refractivity contribution is 9.10. The number of carbonyl (C=O) groups excluding carboxylic acids is 1. The van der Waals surface area contributed by atoms with Crippen molar-refractivity contribution >= 4 is 27.8 Å². The minimum Gasteiger partial charge on any atom is -0.480 e. The topological polar surface area (TPSA) is 79.5 Å². The van der Waals surface area contributed by atoms with Gasteiger partial charge in [0.1, 0.15) is 6.04 Å². The predicted molar refractivity (Wildman–Crippen MR) is 64.8 cm³/mol. The van der Waals surface area contributed by atoms with Gasteiger partial charge in [-0.3, -0.25) is 4.79 Å². The Morgan fingerprint density at radius 3 is 2.35 bits per heavy atom. The fourth-order valence-corrected chi connectivity index (χ4v) is 1.59. The zero-order valence-corrected chi connectivity index (χ0v) is 11.4. The first-order valence-electron chi connectivity index (χ1n) is 5.01. The van der Waals surface area contributed by atoms with Crippen LogP contribution in [0.15, 0.2) is 21.2 Å². The van der Waals surface area contributed by atoms with Gasteiger partial charge < -0.3 is 14.8 Å². The number of rotatable bonds is 3. The van der Waals surface area contributed by atoms with Gasteiger partial charge in [0.05, 0.1) is 0 Å². The van der Waals surface area contributed by atoms with Gasteiger partial charge in [-0.25, -0.2) is 4.79 Å². The van der Waals surface area contributed by atoms with Crippen LogP contribution in [0.1, 0.15) is 31.3 Å². The molecule has 0 radical (unpaired) electrons. The molecule has 1 amide bonds. The second kappa shape index (κ2) is 4.91. The zero-order chi connectivity index (χ0) is 13.2. The van der Waals surface area contributed by atoms with Crippen LogP contribution in [0.2, 0.25) is 0 Å². The van der Waals surface area contributed by atoms with Crippen LogP contribution in [0, 0.1) is 5.41 Å². The average molecular weight is 304 g/mol. The molecule has 5 nitrogen and oxygen atoms in total. The third-order valence-corrected chi connectivity index (χ3v) is 2.61. The molecule has 6 heteroatoms. The fourth-order valence-electron chi connectivity index (χ4n) is 1.29. The highest BCUT2D eigenvalue weighted by Crippen LogP contribution is 2.20. The molecule has 1 rings (SSSR count). The summed E-state index contributed by atoms with van der Waals surface area (Å²) >= 11 is 3.07. The number of furan rings is 1. The molecule has 1 aromatic heterocycles. The maximum Gasteiger partial charge on any atom is 0.326 e. The van der Waals surface area contributed by atoms with E-state index in [1.165, 1.54) is 6.07 Å². The molecule has 0 aliphatic carbocycles. The molecule has 0 unspecified atom stereocenters. The molecule has 1 aromatic rings. The number of hydrogen-bond donors (Lipinski definition) is 2. The summed E-state index contributed by atoms with van der Waals surface area (Å²) in [7, 11) is 0. The number of halogens is 1. The molecular formula is C11H14BrNO4. The van der Waals surface area contributed by atoms with Crippen LogP contribution in [0.5, 0.6) is 0 Å². The lowest BCUT2D eigenvalue weighted by Crippen LogP contribution is -2.49.